The minimum absolute atomic E-state index is 0.00582. The van der Waals surface area contributed by atoms with Crippen molar-refractivity contribution >= 4 is 27.7 Å². The monoisotopic (exact) mass is 306 g/mol. The van der Waals surface area contributed by atoms with Gasteiger partial charge in [-0.25, -0.2) is 0 Å². The number of carbonyl (C=O) groups excluding carboxylic acids is 3. The van der Waals surface area contributed by atoms with E-state index in [0.29, 0.717) is 6.42 Å². The molecule has 0 aromatic carbocycles. The highest BCUT2D eigenvalue weighted by Crippen LogP contribution is 2.30. The lowest BCUT2D eigenvalue weighted by Gasteiger charge is -2.17. The molecule has 20 heavy (non-hydrogen) atoms. The van der Waals surface area contributed by atoms with Crippen LogP contribution in [0.2, 0.25) is 0 Å². The summed E-state index contributed by atoms with van der Waals surface area (Å²) in [4.78, 5) is 34.0. The van der Waals surface area contributed by atoms with E-state index in [1.165, 1.54) is 6.92 Å². The molecule has 0 heterocycles. The Bertz CT molecular complexity index is 515. The van der Waals surface area contributed by atoms with E-state index in [4.69, 9.17) is 10.3 Å². The van der Waals surface area contributed by atoms with Gasteiger partial charge in [-0.3, -0.25) is 18.9 Å². The SMILES string of the molecule is CC(=O)[C@H](CC(N)=O)NC(=O)C1CCC(S(=O)(=O)O)C1. The Hall–Kier alpha value is -1.48. The van der Waals surface area contributed by atoms with Gasteiger partial charge in [0.1, 0.15) is 0 Å². The molecule has 0 spiro atoms. The number of carbonyl (C=O) groups is 3. The summed E-state index contributed by atoms with van der Waals surface area (Å²) in [7, 11) is -4.15. The van der Waals surface area contributed by atoms with Crippen molar-refractivity contribution < 1.29 is 27.4 Å². The lowest BCUT2D eigenvalue weighted by molar-refractivity contribution is -0.130. The fourth-order valence-electron chi connectivity index (χ4n) is 2.24. The molecule has 4 N–H and O–H groups in total. The van der Waals surface area contributed by atoms with Crippen molar-refractivity contribution in [2.45, 2.75) is 43.9 Å². The Morgan fingerprint density at radius 2 is 1.95 bits per heavy atom. The second kappa shape index (κ2) is 6.31. The standard InChI is InChI=1S/C11H18N2O6S/c1-6(14)9(5-10(12)15)13-11(16)7-2-3-8(4-7)20(17,18)19/h7-9H,2-5H2,1H3,(H2,12,15)(H,13,16)(H,17,18,19)/t7?,8?,9-/m0/s1. The topological polar surface area (TPSA) is 144 Å². The van der Waals surface area contributed by atoms with E-state index in [0.717, 1.165) is 0 Å². The van der Waals surface area contributed by atoms with Gasteiger partial charge in [0, 0.05) is 5.92 Å². The normalized spacial score (nSPS) is 24.1. The lowest BCUT2D eigenvalue weighted by atomic mass is 10.0. The van der Waals surface area contributed by atoms with Gasteiger partial charge in [-0.15, -0.1) is 0 Å². The molecule has 9 heteroatoms. The molecule has 0 aliphatic heterocycles. The molecule has 2 amide bonds. The van der Waals surface area contributed by atoms with Crippen molar-refractivity contribution in [3.63, 3.8) is 0 Å². The van der Waals surface area contributed by atoms with Crippen LogP contribution in [0.15, 0.2) is 0 Å². The minimum atomic E-state index is -4.15. The molecule has 1 rings (SSSR count). The molecule has 0 aromatic heterocycles. The molecule has 1 saturated carbocycles. The lowest BCUT2D eigenvalue weighted by Crippen LogP contribution is -2.44. The number of hydrogen-bond donors (Lipinski definition) is 3. The second-order valence-electron chi connectivity index (χ2n) is 4.99. The van der Waals surface area contributed by atoms with E-state index >= 15 is 0 Å². The van der Waals surface area contributed by atoms with E-state index < -0.39 is 44.9 Å². The minimum Gasteiger partial charge on any atom is -0.370 e. The van der Waals surface area contributed by atoms with Crippen LogP contribution in [0.4, 0.5) is 0 Å². The van der Waals surface area contributed by atoms with Gasteiger partial charge in [0.15, 0.2) is 5.78 Å². The summed E-state index contributed by atoms with van der Waals surface area (Å²) in [6, 6.07) is -0.996. The fourth-order valence-corrected chi connectivity index (χ4v) is 3.15. The van der Waals surface area contributed by atoms with E-state index in [1.807, 2.05) is 0 Å². The van der Waals surface area contributed by atoms with Gasteiger partial charge >= 0.3 is 0 Å². The average Bonchev–Trinajstić information content (AvgIpc) is 2.75. The van der Waals surface area contributed by atoms with Crippen molar-refractivity contribution in [2.75, 3.05) is 0 Å². The van der Waals surface area contributed by atoms with Crippen molar-refractivity contribution in [3.05, 3.63) is 0 Å². The molecule has 8 nitrogen and oxygen atoms in total. The Balaban J connectivity index is 2.63. The second-order valence-corrected chi connectivity index (χ2v) is 6.69. The molecule has 0 bridgehead atoms. The van der Waals surface area contributed by atoms with Gasteiger partial charge < -0.3 is 11.1 Å². The molecule has 1 aliphatic carbocycles. The summed E-state index contributed by atoms with van der Waals surface area (Å²) < 4.78 is 30.9. The van der Waals surface area contributed by atoms with Crippen LogP contribution in [0, 0.1) is 5.92 Å². The smallest absolute Gasteiger partial charge is 0.267 e. The largest absolute Gasteiger partial charge is 0.370 e. The third-order valence-corrected chi connectivity index (χ3v) is 4.66. The first-order chi connectivity index (χ1) is 9.11. The summed E-state index contributed by atoms with van der Waals surface area (Å²) in [6.07, 6.45) is 0.205. The number of rotatable bonds is 6. The van der Waals surface area contributed by atoms with Gasteiger partial charge in [-0.1, -0.05) is 0 Å². The van der Waals surface area contributed by atoms with Crippen LogP contribution in [0.5, 0.6) is 0 Å². The predicted octanol–water partition coefficient (Wildman–Crippen LogP) is -1.01. The zero-order chi connectivity index (χ0) is 15.5. The molecule has 0 saturated heterocycles. The quantitative estimate of drug-likeness (QED) is 0.536. The number of nitrogens with two attached hydrogens (primary N) is 1. The molecular formula is C11H18N2O6S. The van der Waals surface area contributed by atoms with Crippen LogP contribution in [0.1, 0.15) is 32.6 Å². The Morgan fingerprint density at radius 1 is 1.35 bits per heavy atom. The highest BCUT2D eigenvalue weighted by atomic mass is 32.2. The number of Topliss-reactive ketones (excluding diaryl/α,β-unsaturated/α-hetero) is 1. The van der Waals surface area contributed by atoms with Crippen molar-refractivity contribution in [3.8, 4) is 0 Å². The van der Waals surface area contributed by atoms with Crippen LogP contribution in [0.3, 0.4) is 0 Å². The van der Waals surface area contributed by atoms with Gasteiger partial charge in [-0.05, 0) is 26.2 Å². The predicted molar refractivity (Wildman–Crippen MR) is 69.1 cm³/mol. The van der Waals surface area contributed by atoms with Crippen molar-refractivity contribution in [1.29, 1.82) is 0 Å². The number of ketones is 1. The first kappa shape index (κ1) is 16.6. The zero-order valence-electron chi connectivity index (χ0n) is 11.0. The van der Waals surface area contributed by atoms with Crippen molar-refractivity contribution in [1.82, 2.24) is 5.32 Å². The molecule has 0 radical (unpaired) electrons. The Kier molecular flexibility index (Phi) is 5.23. The Labute approximate surface area is 116 Å². The van der Waals surface area contributed by atoms with Crippen molar-refractivity contribution in [2.24, 2.45) is 11.7 Å². The molecule has 1 fully saturated rings. The fraction of sp³-hybridized carbons (Fsp3) is 0.727. The highest BCUT2D eigenvalue weighted by Gasteiger charge is 2.37. The maximum absolute atomic E-state index is 11.9. The summed E-state index contributed by atoms with van der Waals surface area (Å²) in [5.74, 6) is -2.22. The molecule has 3 atom stereocenters. The van der Waals surface area contributed by atoms with Crippen LogP contribution >= 0.6 is 0 Å². The number of hydrogen-bond acceptors (Lipinski definition) is 5. The average molecular weight is 306 g/mol. The highest BCUT2D eigenvalue weighted by molar-refractivity contribution is 7.86. The zero-order valence-corrected chi connectivity index (χ0v) is 11.9. The third-order valence-electron chi connectivity index (χ3n) is 3.39. The number of primary amides is 1. The van der Waals surface area contributed by atoms with Gasteiger partial charge in [-0.2, -0.15) is 8.42 Å². The molecule has 114 valence electrons. The van der Waals surface area contributed by atoms with Gasteiger partial charge in [0.2, 0.25) is 11.8 Å². The van der Waals surface area contributed by atoms with Crippen LogP contribution < -0.4 is 11.1 Å². The maximum atomic E-state index is 11.9. The van der Waals surface area contributed by atoms with E-state index in [2.05, 4.69) is 5.32 Å². The first-order valence-corrected chi connectivity index (χ1v) is 7.67. The van der Waals surface area contributed by atoms with E-state index in [1.54, 1.807) is 0 Å². The molecular weight excluding hydrogens is 288 g/mol. The van der Waals surface area contributed by atoms with E-state index in [-0.39, 0.29) is 19.3 Å². The van der Waals surface area contributed by atoms with Gasteiger partial charge in [0.05, 0.1) is 17.7 Å². The summed E-state index contributed by atoms with van der Waals surface area (Å²) in [6.45, 7) is 1.23. The summed E-state index contributed by atoms with van der Waals surface area (Å²) >= 11 is 0. The summed E-state index contributed by atoms with van der Waals surface area (Å²) in [5, 5.41) is 1.44. The maximum Gasteiger partial charge on any atom is 0.267 e. The van der Waals surface area contributed by atoms with Crippen LogP contribution in [0.25, 0.3) is 0 Å². The molecule has 2 unspecified atom stereocenters. The van der Waals surface area contributed by atoms with Crippen LogP contribution in [-0.2, 0) is 24.5 Å². The molecule has 1 aliphatic rings. The Morgan fingerprint density at radius 3 is 2.35 bits per heavy atom. The number of nitrogens with one attached hydrogen (secondary N) is 1. The van der Waals surface area contributed by atoms with Crippen LogP contribution in [-0.4, -0.2) is 41.9 Å². The number of amides is 2. The first-order valence-electron chi connectivity index (χ1n) is 6.16. The third kappa shape index (κ3) is 4.57. The summed E-state index contributed by atoms with van der Waals surface area (Å²) in [5.41, 5.74) is 4.98. The van der Waals surface area contributed by atoms with Gasteiger partial charge in [0.25, 0.3) is 10.1 Å². The molecule has 0 aromatic rings. The van der Waals surface area contributed by atoms with E-state index in [9.17, 15) is 22.8 Å².